The molecule has 2 aliphatic heterocycles. The van der Waals surface area contributed by atoms with E-state index in [2.05, 4.69) is 39.2 Å². The topological polar surface area (TPSA) is 52.9 Å². The minimum Gasteiger partial charge on any atom is -0.353 e. The molecule has 0 bridgehead atoms. The lowest BCUT2D eigenvalue weighted by molar-refractivity contribution is 1.39. The number of hydrogen-bond donors (Lipinski definition) is 1. The van der Waals surface area contributed by atoms with Gasteiger partial charge in [-0.2, -0.15) is 0 Å². The fourth-order valence-electron chi connectivity index (χ4n) is 3.71. The van der Waals surface area contributed by atoms with E-state index < -0.39 is 0 Å². The van der Waals surface area contributed by atoms with Crippen LogP contribution < -0.4 is 10.7 Å². The van der Waals surface area contributed by atoms with Crippen LogP contribution in [-0.2, 0) is 0 Å². The minimum atomic E-state index is 0.936. The molecule has 1 aromatic heterocycles. The van der Waals surface area contributed by atoms with Crippen LogP contribution >= 0.6 is 0 Å². The van der Waals surface area contributed by atoms with E-state index in [1.807, 2.05) is 24.3 Å². The summed E-state index contributed by atoms with van der Waals surface area (Å²) in [6, 6.07) is 16.5. The second kappa shape index (κ2) is 3.73. The first-order chi connectivity index (χ1) is 11.4. The van der Waals surface area contributed by atoms with Crippen molar-refractivity contribution in [1.29, 1.82) is 0 Å². The van der Waals surface area contributed by atoms with E-state index in [1.54, 1.807) is 6.34 Å². The molecule has 23 heavy (non-hydrogen) atoms. The van der Waals surface area contributed by atoms with Crippen LogP contribution in [0, 0.1) is 0 Å². The maximum atomic E-state index is 4.87. The highest BCUT2D eigenvalue weighted by Gasteiger charge is 2.24. The summed E-state index contributed by atoms with van der Waals surface area (Å²) in [4.78, 5) is 17.5. The molecular formula is C19H10N4. The molecule has 3 heterocycles. The van der Waals surface area contributed by atoms with Crippen LogP contribution in [0.4, 0.5) is 11.4 Å². The highest BCUT2D eigenvalue weighted by Crippen LogP contribution is 2.39. The number of aromatic amines is 1. The van der Waals surface area contributed by atoms with Gasteiger partial charge in [0.15, 0.2) is 0 Å². The molecule has 0 fully saturated rings. The third-order valence-electron chi connectivity index (χ3n) is 4.66. The van der Waals surface area contributed by atoms with Crippen LogP contribution in [0.3, 0.4) is 0 Å². The maximum Gasteiger partial charge on any atom is 0.116 e. The van der Waals surface area contributed by atoms with E-state index in [4.69, 9.17) is 4.99 Å². The van der Waals surface area contributed by atoms with E-state index in [0.717, 1.165) is 49.6 Å². The molecule has 1 N–H and O–H groups in total. The number of fused-ring (bicyclic) bond motifs is 10. The van der Waals surface area contributed by atoms with Gasteiger partial charge in [0.2, 0.25) is 0 Å². The van der Waals surface area contributed by atoms with Gasteiger partial charge in [0.25, 0.3) is 0 Å². The Morgan fingerprint density at radius 3 is 2.74 bits per heavy atom. The Morgan fingerprint density at radius 1 is 0.870 bits per heavy atom. The van der Waals surface area contributed by atoms with E-state index >= 15 is 0 Å². The van der Waals surface area contributed by atoms with Gasteiger partial charge in [-0.15, -0.1) is 0 Å². The predicted molar refractivity (Wildman–Crippen MR) is 91.4 cm³/mol. The Labute approximate surface area is 130 Å². The standard InChI is InChI=1S/C19H10N4/c1-3-7-12-10(5-1)14-16-17(21-9-20-16)15-11-6-2-4-8-13(11)23-19(15)18(14)22-12/h1-9,22H. The van der Waals surface area contributed by atoms with Gasteiger partial charge in [0, 0.05) is 27.4 Å². The Kier molecular flexibility index (Phi) is 1.84. The zero-order chi connectivity index (χ0) is 15.0. The molecule has 0 atom stereocenters. The number of nitrogens with zero attached hydrogens (tertiary/aromatic N) is 3. The highest BCUT2D eigenvalue weighted by atomic mass is 14.9. The largest absolute Gasteiger partial charge is 0.353 e. The van der Waals surface area contributed by atoms with Gasteiger partial charge in [0.1, 0.15) is 17.4 Å². The molecule has 0 amide bonds. The van der Waals surface area contributed by atoms with E-state index in [0.29, 0.717) is 0 Å². The first kappa shape index (κ1) is 11.3. The van der Waals surface area contributed by atoms with Gasteiger partial charge in [-0.1, -0.05) is 36.4 Å². The van der Waals surface area contributed by atoms with Crippen molar-refractivity contribution >= 4 is 39.5 Å². The van der Waals surface area contributed by atoms with Crippen molar-refractivity contribution in [3.63, 3.8) is 0 Å². The molecule has 0 saturated carbocycles. The summed E-state index contributed by atoms with van der Waals surface area (Å²) in [5, 5.41) is 4.21. The average Bonchev–Trinajstić information content (AvgIpc) is 3.28. The molecule has 2 aliphatic rings. The molecule has 4 nitrogen and oxygen atoms in total. The molecule has 0 aliphatic carbocycles. The number of rotatable bonds is 0. The molecule has 6 rings (SSSR count). The molecule has 0 unspecified atom stereocenters. The third-order valence-corrected chi connectivity index (χ3v) is 4.66. The number of nitrogens with one attached hydrogen (secondary N) is 1. The zero-order valence-corrected chi connectivity index (χ0v) is 12.0. The number of aliphatic imine (C=N–C) groups is 1. The molecule has 106 valence electrons. The number of benzene rings is 3. The summed E-state index contributed by atoms with van der Waals surface area (Å²) in [5.41, 5.74) is 6.31. The van der Waals surface area contributed by atoms with Gasteiger partial charge < -0.3 is 4.98 Å². The summed E-state index contributed by atoms with van der Waals surface area (Å²) >= 11 is 0. The summed E-state index contributed by atoms with van der Waals surface area (Å²) in [7, 11) is 0. The Hall–Kier alpha value is -3.27. The molecular weight excluding hydrogens is 284 g/mol. The van der Waals surface area contributed by atoms with Crippen LogP contribution in [-0.4, -0.2) is 11.3 Å². The minimum absolute atomic E-state index is 0.936. The molecule has 0 radical (unpaired) electrons. The Balaban J connectivity index is 1.98. The molecule has 4 aromatic rings. The lowest BCUT2D eigenvalue weighted by Crippen LogP contribution is -2.12. The third kappa shape index (κ3) is 1.25. The fraction of sp³-hybridized carbons (Fsp3) is 0. The van der Waals surface area contributed by atoms with Crippen LogP contribution in [0.25, 0.3) is 32.9 Å². The van der Waals surface area contributed by atoms with Crippen molar-refractivity contribution in [3.05, 3.63) is 59.2 Å². The van der Waals surface area contributed by atoms with Crippen LogP contribution in [0.2, 0.25) is 0 Å². The van der Waals surface area contributed by atoms with Crippen molar-refractivity contribution in [2.75, 3.05) is 0 Å². The van der Waals surface area contributed by atoms with Crippen molar-refractivity contribution < 1.29 is 0 Å². The van der Waals surface area contributed by atoms with Gasteiger partial charge in [-0.3, -0.25) is 0 Å². The van der Waals surface area contributed by atoms with Crippen LogP contribution in [0.15, 0.2) is 63.5 Å². The SMILES string of the molecule is C1=Nc2c3c(c4[nH]c5ccccc5c4c2=N1)=Nc1ccccc1-3. The summed E-state index contributed by atoms with van der Waals surface area (Å²) < 4.78 is 0. The number of aromatic nitrogens is 1. The lowest BCUT2D eigenvalue weighted by atomic mass is 10.0. The first-order valence-electron chi connectivity index (χ1n) is 7.57. The van der Waals surface area contributed by atoms with Gasteiger partial charge in [-0.25, -0.2) is 15.0 Å². The van der Waals surface area contributed by atoms with Gasteiger partial charge >= 0.3 is 0 Å². The van der Waals surface area contributed by atoms with Crippen molar-refractivity contribution in [2.24, 2.45) is 15.0 Å². The second-order valence-corrected chi connectivity index (χ2v) is 5.84. The monoisotopic (exact) mass is 294 g/mol. The van der Waals surface area contributed by atoms with Crippen molar-refractivity contribution in [3.8, 4) is 11.1 Å². The normalized spacial score (nSPS) is 13.7. The number of hydrogen-bond acceptors (Lipinski definition) is 3. The highest BCUT2D eigenvalue weighted by molar-refractivity contribution is 6.11. The summed E-state index contributed by atoms with van der Waals surface area (Å²) in [5.74, 6) is 0. The zero-order valence-electron chi connectivity index (χ0n) is 12.0. The van der Waals surface area contributed by atoms with E-state index in [1.165, 1.54) is 5.39 Å². The summed E-state index contributed by atoms with van der Waals surface area (Å²) in [6.07, 6.45) is 1.65. The molecule has 0 spiro atoms. The Morgan fingerprint density at radius 2 is 1.74 bits per heavy atom. The maximum absolute atomic E-state index is 4.87. The van der Waals surface area contributed by atoms with Crippen molar-refractivity contribution in [1.82, 2.24) is 4.98 Å². The quantitative estimate of drug-likeness (QED) is 0.454. The fourth-order valence-corrected chi connectivity index (χ4v) is 3.71. The smallest absolute Gasteiger partial charge is 0.116 e. The number of para-hydroxylation sites is 2. The van der Waals surface area contributed by atoms with Gasteiger partial charge in [0.05, 0.1) is 16.6 Å². The van der Waals surface area contributed by atoms with Crippen LogP contribution in [0.5, 0.6) is 0 Å². The van der Waals surface area contributed by atoms with E-state index in [9.17, 15) is 0 Å². The van der Waals surface area contributed by atoms with Gasteiger partial charge in [-0.05, 0) is 12.1 Å². The summed E-state index contributed by atoms with van der Waals surface area (Å²) in [6.45, 7) is 0. The van der Waals surface area contributed by atoms with Crippen molar-refractivity contribution in [2.45, 2.75) is 0 Å². The second-order valence-electron chi connectivity index (χ2n) is 5.84. The molecule has 0 saturated heterocycles. The average molecular weight is 294 g/mol. The van der Waals surface area contributed by atoms with E-state index in [-0.39, 0.29) is 0 Å². The predicted octanol–water partition coefficient (Wildman–Crippen LogP) is 3.55. The first-order valence-corrected chi connectivity index (χ1v) is 7.57. The molecule has 3 aromatic carbocycles. The van der Waals surface area contributed by atoms with Crippen LogP contribution in [0.1, 0.15) is 0 Å². The lowest BCUT2D eigenvalue weighted by Gasteiger charge is -2.03. The Bertz CT molecular complexity index is 1310. The number of H-pyrrole nitrogens is 1. The molecule has 4 heteroatoms.